The Morgan fingerprint density at radius 2 is 1.94 bits per heavy atom. The first-order valence-electron chi connectivity index (χ1n) is 4.91. The zero-order valence-electron chi connectivity index (χ0n) is 10.8. The third-order valence-electron chi connectivity index (χ3n) is 2.40. The molecule has 16 heavy (non-hydrogen) atoms. The van der Waals surface area contributed by atoms with Crippen molar-refractivity contribution in [3.05, 3.63) is 11.5 Å². The standard InChI is InChI=1S/C12H19FN2O/c1-8-12(4,16-7)11(13)9(2)14-10(3)15(5)6/h1H,2-7H3/b11-9+,14-10?. The average molecular weight is 226 g/mol. The molecular weight excluding hydrogens is 207 g/mol. The molecule has 0 aliphatic heterocycles. The topological polar surface area (TPSA) is 24.8 Å². The summed E-state index contributed by atoms with van der Waals surface area (Å²) in [5, 5.41) is 0. The molecular formula is C12H19FN2O. The molecule has 0 aliphatic carbocycles. The molecule has 0 saturated carbocycles. The fourth-order valence-corrected chi connectivity index (χ4v) is 0.949. The maximum atomic E-state index is 14.0. The van der Waals surface area contributed by atoms with E-state index in [0.717, 1.165) is 0 Å². The normalized spacial score (nSPS) is 17.2. The molecule has 90 valence electrons. The molecule has 0 aromatic heterocycles. The summed E-state index contributed by atoms with van der Waals surface area (Å²) >= 11 is 0. The number of hydrogen-bond acceptors (Lipinski definition) is 2. The predicted molar refractivity (Wildman–Crippen MR) is 64.9 cm³/mol. The summed E-state index contributed by atoms with van der Waals surface area (Å²) in [5.41, 5.74) is -1.12. The Balaban J connectivity index is 5.29. The fourth-order valence-electron chi connectivity index (χ4n) is 0.949. The summed E-state index contributed by atoms with van der Waals surface area (Å²) < 4.78 is 18.9. The van der Waals surface area contributed by atoms with E-state index >= 15 is 0 Å². The molecule has 0 aromatic carbocycles. The minimum atomic E-state index is -1.35. The molecule has 3 nitrogen and oxygen atoms in total. The number of amidine groups is 1. The Labute approximate surface area is 97.0 Å². The second kappa shape index (κ2) is 5.66. The number of hydrogen-bond donors (Lipinski definition) is 0. The molecule has 0 bridgehead atoms. The van der Waals surface area contributed by atoms with Gasteiger partial charge >= 0.3 is 0 Å². The summed E-state index contributed by atoms with van der Waals surface area (Å²) in [4.78, 5) is 5.90. The van der Waals surface area contributed by atoms with Crippen LogP contribution in [-0.4, -0.2) is 37.5 Å². The lowest BCUT2D eigenvalue weighted by Gasteiger charge is -2.21. The van der Waals surface area contributed by atoms with Crippen LogP contribution in [0.15, 0.2) is 16.5 Å². The van der Waals surface area contributed by atoms with E-state index in [0.29, 0.717) is 5.84 Å². The van der Waals surface area contributed by atoms with E-state index in [9.17, 15) is 4.39 Å². The first-order chi connectivity index (χ1) is 7.28. The van der Waals surface area contributed by atoms with Gasteiger partial charge in [-0.05, 0) is 20.8 Å². The van der Waals surface area contributed by atoms with Gasteiger partial charge in [-0.15, -0.1) is 6.42 Å². The van der Waals surface area contributed by atoms with Gasteiger partial charge < -0.3 is 9.64 Å². The van der Waals surface area contributed by atoms with Gasteiger partial charge in [0.05, 0.1) is 5.70 Å². The van der Waals surface area contributed by atoms with Gasteiger partial charge in [0, 0.05) is 21.2 Å². The first-order valence-corrected chi connectivity index (χ1v) is 4.91. The van der Waals surface area contributed by atoms with E-state index in [1.165, 1.54) is 14.0 Å². The highest BCUT2D eigenvalue weighted by Crippen LogP contribution is 2.24. The SMILES string of the molecule is C#CC(C)(OC)/C(F)=C(/C)N=C(C)N(C)C. The van der Waals surface area contributed by atoms with Crippen LogP contribution in [-0.2, 0) is 4.74 Å². The van der Waals surface area contributed by atoms with Crippen molar-refractivity contribution in [3.8, 4) is 12.3 Å². The van der Waals surface area contributed by atoms with Crippen molar-refractivity contribution >= 4 is 5.84 Å². The van der Waals surface area contributed by atoms with Gasteiger partial charge in [-0.3, -0.25) is 0 Å². The van der Waals surface area contributed by atoms with Crippen molar-refractivity contribution in [2.75, 3.05) is 21.2 Å². The quantitative estimate of drug-likeness (QED) is 0.419. The van der Waals surface area contributed by atoms with Crippen molar-refractivity contribution in [1.82, 2.24) is 4.90 Å². The monoisotopic (exact) mass is 226 g/mol. The average Bonchev–Trinajstić information content (AvgIpc) is 2.26. The second-order valence-electron chi connectivity index (χ2n) is 3.83. The molecule has 0 spiro atoms. The van der Waals surface area contributed by atoms with Gasteiger partial charge in [-0.2, -0.15) is 0 Å². The maximum Gasteiger partial charge on any atom is 0.178 e. The van der Waals surface area contributed by atoms with E-state index in [4.69, 9.17) is 11.2 Å². The number of terminal acetylenes is 1. The molecule has 0 N–H and O–H groups in total. The van der Waals surface area contributed by atoms with Crippen LogP contribution < -0.4 is 0 Å². The molecule has 0 saturated heterocycles. The smallest absolute Gasteiger partial charge is 0.178 e. The summed E-state index contributed by atoms with van der Waals surface area (Å²) in [6.07, 6.45) is 5.24. The number of allylic oxidation sites excluding steroid dienone is 1. The van der Waals surface area contributed by atoms with Crippen LogP contribution in [0.1, 0.15) is 20.8 Å². The van der Waals surface area contributed by atoms with E-state index < -0.39 is 11.4 Å². The number of methoxy groups -OCH3 is 1. The van der Waals surface area contributed by atoms with Gasteiger partial charge in [0.2, 0.25) is 0 Å². The third kappa shape index (κ3) is 3.35. The van der Waals surface area contributed by atoms with Gasteiger partial charge in [0.15, 0.2) is 11.4 Å². The van der Waals surface area contributed by atoms with Crippen molar-refractivity contribution in [1.29, 1.82) is 0 Å². The fraction of sp³-hybridized carbons (Fsp3) is 0.583. The summed E-state index contributed by atoms with van der Waals surface area (Å²) in [6, 6.07) is 0. The Bertz CT molecular complexity index is 353. The zero-order chi connectivity index (χ0) is 12.9. The van der Waals surface area contributed by atoms with Gasteiger partial charge in [0.1, 0.15) is 5.84 Å². The largest absolute Gasteiger partial charge is 0.366 e. The maximum absolute atomic E-state index is 14.0. The van der Waals surface area contributed by atoms with Crippen molar-refractivity contribution in [2.24, 2.45) is 4.99 Å². The number of ether oxygens (including phenoxy) is 1. The second-order valence-corrected chi connectivity index (χ2v) is 3.83. The van der Waals surface area contributed by atoms with E-state index in [-0.39, 0.29) is 5.70 Å². The summed E-state index contributed by atoms with van der Waals surface area (Å²) in [7, 11) is 5.04. The van der Waals surface area contributed by atoms with Crippen LogP contribution >= 0.6 is 0 Å². The highest BCUT2D eigenvalue weighted by molar-refractivity contribution is 5.80. The number of nitrogens with zero attached hydrogens (tertiary/aromatic N) is 2. The lowest BCUT2D eigenvalue weighted by atomic mass is 10.1. The molecule has 0 aromatic rings. The molecule has 0 radical (unpaired) electrons. The molecule has 0 rings (SSSR count). The predicted octanol–water partition coefficient (Wildman–Crippen LogP) is 2.21. The Morgan fingerprint density at radius 1 is 1.44 bits per heavy atom. The molecule has 0 amide bonds. The van der Waals surface area contributed by atoms with Crippen molar-refractivity contribution < 1.29 is 9.13 Å². The van der Waals surface area contributed by atoms with Gasteiger partial charge in [-0.1, -0.05) is 5.92 Å². The van der Waals surface area contributed by atoms with Crippen LogP contribution in [0.4, 0.5) is 4.39 Å². The number of aliphatic imine (C=N–C) groups is 1. The Kier molecular flexibility index (Phi) is 5.19. The summed E-state index contributed by atoms with van der Waals surface area (Å²) in [5.74, 6) is 2.43. The van der Waals surface area contributed by atoms with Crippen LogP contribution in [0.25, 0.3) is 0 Å². The molecule has 1 atom stereocenters. The van der Waals surface area contributed by atoms with E-state index in [2.05, 4.69) is 10.9 Å². The zero-order valence-corrected chi connectivity index (χ0v) is 10.8. The minimum absolute atomic E-state index is 0.230. The van der Waals surface area contributed by atoms with Gasteiger partial charge in [0.25, 0.3) is 0 Å². The first kappa shape index (κ1) is 14.7. The molecule has 4 heteroatoms. The Hall–Kier alpha value is -1.34. The number of halogens is 1. The molecule has 1 unspecified atom stereocenters. The van der Waals surface area contributed by atoms with Crippen LogP contribution in [0, 0.1) is 12.3 Å². The minimum Gasteiger partial charge on any atom is -0.366 e. The van der Waals surface area contributed by atoms with Gasteiger partial charge in [-0.25, -0.2) is 9.38 Å². The van der Waals surface area contributed by atoms with Crippen LogP contribution in [0.3, 0.4) is 0 Å². The summed E-state index contributed by atoms with van der Waals surface area (Å²) in [6.45, 7) is 4.85. The van der Waals surface area contributed by atoms with Crippen molar-refractivity contribution in [2.45, 2.75) is 26.4 Å². The van der Waals surface area contributed by atoms with Crippen LogP contribution in [0.2, 0.25) is 0 Å². The van der Waals surface area contributed by atoms with E-state index in [1.54, 1.807) is 18.7 Å². The molecule has 0 heterocycles. The van der Waals surface area contributed by atoms with Crippen molar-refractivity contribution in [3.63, 3.8) is 0 Å². The number of rotatable bonds is 3. The molecule has 0 aliphatic rings. The highest BCUT2D eigenvalue weighted by Gasteiger charge is 2.28. The Morgan fingerprint density at radius 3 is 2.25 bits per heavy atom. The van der Waals surface area contributed by atoms with E-state index in [1.807, 2.05) is 14.1 Å². The molecule has 0 fully saturated rings. The third-order valence-corrected chi connectivity index (χ3v) is 2.40. The lowest BCUT2D eigenvalue weighted by molar-refractivity contribution is 0.0680. The highest BCUT2D eigenvalue weighted by atomic mass is 19.1. The lowest BCUT2D eigenvalue weighted by Crippen LogP contribution is -2.27. The van der Waals surface area contributed by atoms with Crippen LogP contribution in [0.5, 0.6) is 0 Å².